The number of ether oxygens (including phenoxy) is 1. The van der Waals surface area contributed by atoms with Crippen LogP contribution in [0.15, 0.2) is 23.1 Å². The third kappa shape index (κ3) is 4.08. The van der Waals surface area contributed by atoms with E-state index in [-0.39, 0.29) is 12.2 Å². The fraction of sp³-hybridized carbons (Fsp3) is 0.643. The van der Waals surface area contributed by atoms with Crippen LogP contribution in [0.25, 0.3) is 0 Å². The molecule has 0 aliphatic carbocycles. The van der Waals surface area contributed by atoms with Crippen molar-refractivity contribution in [1.82, 2.24) is 9.88 Å². The second-order valence-corrected chi connectivity index (χ2v) is 4.97. The van der Waals surface area contributed by atoms with Gasteiger partial charge in [0, 0.05) is 25.8 Å². The van der Waals surface area contributed by atoms with Crippen molar-refractivity contribution in [2.24, 2.45) is 5.92 Å². The zero-order valence-corrected chi connectivity index (χ0v) is 11.2. The van der Waals surface area contributed by atoms with Crippen LogP contribution in [0.5, 0.6) is 5.75 Å². The maximum absolute atomic E-state index is 12.2. The van der Waals surface area contributed by atoms with Gasteiger partial charge in [-0.15, -0.1) is 0 Å². The van der Waals surface area contributed by atoms with Crippen LogP contribution in [-0.4, -0.2) is 36.0 Å². The van der Waals surface area contributed by atoms with Gasteiger partial charge in [0.25, 0.3) is 5.56 Å². The number of rotatable bonds is 6. The Morgan fingerprint density at radius 1 is 1.53 bits per heavy atom. The number of piperidine rings is 1. The predicted molar refractivity (Wildman–Crippen MR) is 73.5 cm³/mol. The van der Waals surface area contributed by atoms with Gasteiger partial charge in [0.15, 0.2) is 5.75 Å². The zero-order chi connectivity index (χ0) is 13.5. The van der Waals surface area contributed by atoms with Crippen LogP contribution in [0, 0.1) is 5.92 Å². The van der Waals surface area contributed by atoms with Crippen LogP contribution in [0.3, 0.4) is 0 Å². The minimum Gasteiger partial charge on any atom is -0.488 e. The molecule has 0 radical (unpaired) electrons. The molecule has 1 aliphatic rings. The summed E-state index contributed by atoms with van der Waals surface area (Å²) in [4.78, 5) is 12.2. The molecular weight excluding hydrogens is 244 g/mol. The van der Waals surface area contributed by atoms with Crippen molar-refractivity contribution < 1.29 is 9.84 Å². The number of hydrogen-bond donors (Lipinski definition) is 2. The molecular formula is C14H22N2O3. The molecule has 0 aromatic carbocycles. The first-order valence-electron chi connectivity index (χ1n) is 6.95. The van der Waals surface area contributed by atoms with Gasteiger partial charge >= 0.3 is 0 Å². The average Bonchev–Trinajstić information content (AvgIpc) is 2.44. The Balaban J connectivity index is 1.99. The van der Waals surface area contributed by atoms with E-state index in [9.17, 15) is 4.79 Å². The SMILES string of the molecule is O=c1c(OCCCO)cccn1CC1CCCNC1. The number of hydrogen-bond acceptors (Lipinski definition) is 4. The lowest BCUT2D eigenvalue weighted by Gasteiger charge is -2.23. The lowest BCUT2D eigenvalue weighted by atomic mass is 10.00. The molecule has 1 aliphatic heterocycles. The summed E-state index contributed by atoms with van der Waals surface area (Å²) in [6.07, 6.45) is 4.69. The molecule has 0 spiro atoms. The van der Waals surface area contributed by atoms with E-state index in [2.05, 4.69) is 5.32 Å². The molecule has 1 unspecified atom stereocenters. The number of pyridine rings is 1. The molecule has 2 N–H and O–H groups in total. The minimum absolute atomic E-state index is 0.0778. The zero-order valence-electron chi connectivity index (χ0n) is 11.2. The fourth-order valence-electron chi connectivity index (χ4n) is 2.37. The molecule has 5 heteroatoms. The van der Waals surface area contributed by atoms with E-state index in [1.165, 1.54) is 6.42 Å². The molecule has 1 atom stereocenters. The smallest absolute Gasteiger partial charge is 0.292 e. The van der Waals surface area contributed by atoms with Gasteiger partial charge < -0.3 is 19.7 Å². The summed E-state index contributed by atoms with van der Waals surface area (Å²) in [7, 11) is 0. The molecule has 1 saturated heterocycles. The monoisotopic (exact) mass is 266 g/mol. The third-order valence-corrected chi connectivity index (χ3v) is 3.40. The van der Waals surface area contributed by atoms with E-state index in [4.69, 9.17) is 9.84 Å². The quantitative estimate of drug-likeness (QED) is 0.741. The van der Waals surface area contributed by atoms with Gasteiger partial charge in [0.05, 0.1) is 6.61 Å². The summed E-state index contributed by atoms with van der Waals surface area (Å²) in [6.45, 7) is 3.25. The van der Waals surface area contributed by atoms with Gasteiger partial charge in [-0.1, -0.05) is 0 Å². The summed E-state index contributed by atoms with van der Waals surface area (Å²) in [5, 5.41) is 12.1. The number of aliphatic hydroxyl groups excluding tert-OH is 1. The highest BCUT2D eigenvalue weighted by atomic mass is 16.5. The highest BCUT2D eigenvalue weighted by Gasteiger charge is 2.14. The molecule has 5 nitrogen and oxygen atoms in total. The van der Waals surface area contributed by atoms with Crippen LogP contribution in [0.2, 0.25) is 0 Å². The van der Waals surface area contributed by atoms with Crippen LogP contribution in [0.4, 0.5) is 0 Å². The lowest BCUT2D eigenvalue weighted by molar-refractivity contribution is 0.230. The first-order chi connectivity index (χ1) is 9.31. The molecule has 2 rings (SSSR count). The second-order valence-electron chi connectivity index (χ2n) is 4.97. The summed E-state index contributed by atoms with van der Waals surface area (Å²) >= 11 is 0. The van der Waals surface area contributed by atoms with E-state index < -0.39 is 0 Å². The van der Waals surface area contributed by atoms with Crippen LogP contribution in [-0.2, 0) is 6.54 Å². The molecule has 0 amide bonds. The lowest BCUT2D eigenvalue weighted by Crippen LogP contribution is -2.34. The summed E-state index contributed by atoms with van der Waals surface area (Å²) in [6, 6.07) is 3.53. The van der Waals surface area contributed by atoms with Crippen molar-refractivity contribution in [2.75, 3.05) is 26.3 Å². The van der Waals surface area contributed by atoms with Crippen molar-refractivity contribution in [3.05, 3.63) is 28.7 Å². The Bertz CT molecular complexity index is 439. The normalized spacial score (nSPS) is 19.3. The standard InChI is InChI=1S/C14H22N2O3/c17-8-3-9-19-13-5-2-7-16(14(13)18)11-12-4-1-6-15-10-12/h2,5,7,12,15,17H,1,3-4,6,8-11H2. The molecule has 0 saturated carbocycles. The fourth-order valence-corrected chi connectivity index (χ4v) is 2.37. The van der Waals surface area contributed by atoms with Crippen molar-refractivity contribution >= 4 is 0 Å². The van der Waals surface area contributed by atoms with Gasteiger partial charge in [-0.25, -0.2) is 0 Å². The molecule has 1 fully saturated rings. The third-order valence-electron chi connectivity index (χ3n) is 3.40. The van der Waals surface area contributed by atoms with Crippen molar-refractivity contribution in [2.45, 2.75) is 25.8 Å². The van der Waals surface area contributed by atoms with Gasteiger partial charge in [-0.05, 0) is 44.0 Å². The maximum atomic E-state index is 12.2. The van der Waals surface area contributed by atoms with E-state index in [0.29, 0.717) is 24.7 Å². The Kier molecular flexibility index (Phi) is 5.42. The Morgan fingerprint density at radius 2 is 2.42 bits per heavy atom. The maximum Gasteiger partial charge on any atom is 0.292 e. The summed E-state index contributed by atoms with van der Waals surface area (Å²) < 4.78 is 7.13. The van der Waals surface area contributed by atoms with Gasteiger partial charge in [0.1, 0.15) is 0 Å². The molecule has 106 valence electrons. The average molecular weight is 266 g/mol. The Morgan fingerprint density at radius 3 is 3.16 bits per heavy atom. The van der Waals surface area contributed by atoms with Crippen molar-refractivity contribution in [3.63, 3.8) is 0 Å². The summed E-state index contributed by atoms with van der Waals surface area (Å²) in [5.74, 6) is 0.888. The van der Waals surface area contributed by atoms with Crippen molar-refractivity contribution in [3.8, 4) is 5.75 Å². The van der Waals surface area contributed by atoms with Crippen LogP contribution in [0.1, 0.15) is 19.3 Å². The van der Waals surface area contributed by atoms with Gasteiger partial charge in [-0.2, -0.15) is 0 Å². The van der Waals surface area contributed by atoms with E-state index in [0.717, 1.165) is 26.1 Å². The van der Waals surface area contributed by atoms with Crippen LogP contribution < -0.4 is 15.6 Å². The largest absolute Gasteiger partial charge is 0.488 e. The van der Waals surface area contributed by atoms with Gasteiger partial charge in [0.2, 0.25) is 0 Å². The van der Waals surface area contributed by atoms with E-state index in [1.807, 2.05) is 12.3 Å². The highest BCUT2D eigenvalue weighted by molar-refractivity contribution is 5.17. The first-order valence-corrected chi connectivity index (χ1v) is 6.95. The number of aromatic nitrogens is 1. The van der Waals surface area contributed by atoms with Gasteiger partial charge in [-0.3, -0.25) is 4.79 Å². The highest BCUT2D eigenvalue weighted by Crippen LogP contribution is 2.12. The number of aliphatic hydroxyl groups is 1. The second kappa shape index (κ2) is 7.31. The number of nitrogens with one attached hydrogen (secondary N) is 1. The van der Waals surface area contributed by atoms with E-state index in [1.54, 1.807) is 10.6 Å². The van der Waals surface area contributed by atoms with Crippen LogP contribution >= 0.6 is 0 Å². The van der Waals surface area contributed by atoms with Crippen molar-refractivity contribution in [1.29, 1.82) is 0 Å². The first kappa shape index (κ1) is 14.1. The molecule has 1 aromatic heterocycles. The molecule has 2 heterocycles. The number of nitrogens with zero attached hydrogens (tertiary/aromatic N) is 1. The molecule has 1 aromatic rings. The Labute approximate surface area is 113 Å². The minimum atomic E-state index is -0.0778. The molecule has 0 bridgehead atoms. The topological polar surface area (TPSA) is 63.5 Å². The Hall–Kier alpha value is -1.33. The predicted octanol–water partition coefficient (Wildman–Crippen LogP) is 0.609. The van der Waals surface area contributed by atoms with E-state index >= 15 is 0 Å². The summed E-state index contributed by atoms with van der Waals surface area (Å²) in [5.41, 5.74) is -0.0778. The molecule has 19 heavy (non-hydrogen) atoms.